The maximum Gasteiger partial charge on any atom is 0.223 e. The average molecular weight is 248 g/mol. The lowest BCUT2D eigenvalue weighted by Gasteiger charge is -2.18. The van der Waals surface area contributed by atoms with Gasteiger partial charge in [-0.15, -0.1) is 0 Å². The number of rotatable bonds is 2. The van der Waals surface area contributed by atoms with Gasteiger partial charge < -0.3 is 10.0 Å². The van der Waals surface area contributed by atoms with Gasteiger partial charge in [-0.2, -0.15) is 0 Å². The topological polar surface area (TPSA) is 40.5 Å². The second kappa shape index (κ2) is 4.84. The standard InChI is InChI=1S/C10H11Cl2NO2/c1-6(15)13(2)9-4-3-8(11)7(5-14)10(9)12/h3-4,14H,5H2,1-2H3. The number of hydrogen-bond donors (Lipinski definition) is 1. The van der Waals surface area contributed by atoms with E-state index < -0.39 is 0 Å². The van der Waals surface area contributed by atoms with Crippen molar-refractivity contribution in [2.24, 2.45) is 0 Å². The van der Waals surface area contributed by atoms with Crippen molar-refractivity contribution in [2.75, 3.05) is 11.9 Å². The van der Waals surface area contributed by atoms with E-state index in [0.717, 1.165) is 0 Å². The van der Waals surface area contributed by atoms with Crippen molar-refractivity contribution in [3.05, 3.63) is 27.7 Å². The minimum Gasteiger partial charge on any atom is -0.392 e. The van der Waals surface area contributed by atoms with E-state index in [9.17, 15) is 4.79 Å². The highest BCUT2D eigenvalue weighted by molar-refractivity contribution is 6.38. The Hall–Kier alpha value is -0.770. The molecule has 5 heteroatoms. The van der Waals surface area contributed by atoms with Crippen molar-refractivity contribution >= 4 is 34.8 Å². The van der Waals surface area contributed by atoms with E-state index in [-0.39, 0.29) is 12.5 Å². The quantitative estimate of drug-likeness (QED) is 0.873. The molecule has 0 heterocycles. The van der Waals surface area contributed by atoms with E-state index in [1.165, 1.54) is 11.8 Å². The molecule has 82 valence electrons. The van der Waals surface area contributed by atoms with Crippen molar-refractivity contribution < 1.29 is 9.90 Å². The number of aliphatic hydroxyl groups is 1. The zero-order valence-electron chi connectivity index (χ0n) is 8.42. The molecule has 0 fully saturated rings. The smallest absolute Gasteiger partial charge is 0.223 e. The van der Waals surface area contributed by atoms with Gasteiger partial charge in [0.15, 0.2) is 0 Å². The first-order valence-corrected chi connectivity index (χ1v) is 5.06. The van der Waals surface area contributed by atoms with Crippen LogP contribution >= 0.6 is 23.2 Å². The Labute approximate surface area is 98.2 Å². The Kier molecular flexibility index (Phi) is 3.97. The monoisotopic (exact) mass is 247 g/mol. The van der Waals surface area contributed by atoms with Crippen LogP contribution in [0.3, 0.4) is 0 Å². The van der Waals surface area contributed by atoms with Gasteiger partial charge in [0.05, 0.1) is 17.3 Å². The van der Waals surface area contributed by atoms with Crippen LogP contribution in [-0.4, -0.2) is 18.1 Å². The average Bonchev–Trinajstić information content (AvgIpc) is 2.17. The van der Waals surface area contributed by atoms with Crippen LogP contribution in [0.4, 0.5) is 5.69 Å². The molecule has 15 heavy (non-hydrogen) atoms. The fraction of sp³-hybridized carbons (Fsp3) is 0.300. The second-order valence-electron chi connectivity index (χ2n) is 3.10. The minimum absolute atomic E-state index is 0.136. The molecular weight excluding hydrogens is 237 g/mol. The number of carbonyl (C=O) groups excluding carboxylic acids is 1. The van der Waals surface area contributed by atoms with Crippen molar-refractivity contribution in [3.63, 3.8) is 0 Å². The highest BCUT2D eigenvalue weighted by Gasteiger charge is 2.14. The molecule has 1 aromatic carbocycles. The van der Waals surface area contributed by atoms with Gasteiger partial charge in [-0.25, -0.2) is 0 Å². The summed E-state index contributed by atoms with van der Waals surface area (Å²) < 4.78 is 0. The number of halogens is 2. The van der Waals surface area contributed by atoms with Gasteiger partial charge in [0.2, 0.25) is 5.91 Å². The number of nitrogens with zero attached hydrogens (tertiary/aromatic N) is 1. The number of hydrogen-bond acceptors (Lipinski definition) is 2. The SMILES string of the molecule is CC(=O)N(C)c1ccc(Cl)c(CO)c1Cl. The summed E-state index contributed by atoms with van der Waals surface area (Å²) in [6.07, 6.45) is 0. The third-order valence-corrected chi connectivity index (χ3v) is 2.93. The molecular formula is C10H11Cl2NO2. The normalized spacial score (nSPS) is 10.2. The molecule has 0 unspecified atom stereocenters. The molecule has 3 nitrogen and oxygen atoms in total. The Balaban J connectivity index is 3.27. The Bertz CT molecular complexity index is 393. The first-order valence-electron chi connectivity index (χ1n) is 4.31. The van der Waals surface area contributed by atoms with Crippen LogP contribution in [0.1, 0.15) is 12.5 Å². The van der Waals surface area contributed by atoms with E-state index >= 15 is 0 Å². The fourth-order valence-corrected chi connectivity index (χ4v) is 1.78. The van der Waals surface area contributed by atoms with E-state index in [0.29, 0.717) is 21.3 Å². The van der Waals surface area contributed by atoms with Gasteiger partial charge in [-0.1, -0.05) is 23.2 Å². The molecule has 0 spiro atoms. The molecule has 0 atom stereocenters. The zero-order valence-corrected chi connectivity index (χ0v) is 9.93. The van der Waals surface area contributed by atoms with Crippen molar-refractivity contribution in [2.45, 2.75) is 13.5 Å². The molecule has 1 aromatic rings. The summed E-state index contributed by atoms with van der Waals surface area (Å²) >= 11 is 11.9. The van der Waals surface area contributed by atoms with Crippen LogP contribution in [0, 0.1) is 0 Å². The Morgan fingerprint density at radius 3 is 2.53 bits per heavy atom. The van der Waals surface area contributed by atoms with Gasteiger partial charge in [0.1, 0.15) is 0 Å². The van der Waals surface area contributed by atoms with Gasteiger partial charge in [0, 0.05) is 24.6 Å². The van der Waals surface area contributed by atoms with Gasteiger partial charge in [0.25, 0.3) is 0 Å². The summed E-state index contributed by atoms with van der Waals surface area (Å²) in [5, 5.41) is 9.77. The van der Waals surface area contributed by atoms with E-state index in [4.69, 9.17) is 28.3 Å². The third-order valence-electron chi connectivity index (χ3n) is 2.16. The lowest BCUT2D eigenvalue weighted by molar-refractivity contribution is -0.116. The van der Waals surface area contributed by atoms with Gasteiger partial charge >= 0.3 is 0 Å². The summed E-state index contributed by atoms with van der Waals surface area (Å²) in [6.45, 7) is 1.18. The Morgan fingerprint density at radius 1 is 1.47 bits per heavy atom. The molecule has 0 saturated heterocycles. The zero-order chi connectivity index (χ0) is 11.6. The maximum atomic E-state index is 11.2. The first-order chi connectivity index (χ1) is 6.99. The van der Waals surface area contributed by atoms with Crippen molar-refractivity contribution in [3.8, 4) is 0 Å². The summed E-state index contributed by atoms with van der Waals surface area (Å²) in [7, 11) is 1.61. The summed E-state index contributed by atoms with van der Waals surface area (Å²) in [4.78, 5) is 12.6. The van der Waals surface area contributed by atoms with Crippen LogP contribution in [0.15, 0.2) is 12.1 Å². The molecule has 1 amide bonds. The molecule has 0 aliphatic heterocycles. The summed E-state index contributed by atoms with van der Waals surface area (Å²) in [5.74, 6) is -0.136. The van der Waals surface area contributed by atoms with E-state index in [1.54, 1.807) is 19.2 Å². The number of anilines is 1. The first kappa shape index (κ1) is 12.3. The van der Waals surface area contributed by atoms with E-state index in [2.05, 4.69) is 0 Å². The molecule has 0 aliphatic rings. The molecule has 0 radical (unpaired) electrons. The van der Waals surface area contributed by atoms with Crippen molar-refractivity contribution in [1.82, 2.24) is 0 Å². The Morgan fingerprint density at radius 2 is 2.07 bits per heavy atom. The lowest BCUT2D eigenvalue weighted by atomic mass is 10.2. The van der Waals surface area contributed by atoms with Gasteiger partial charge in [-0.05, 0) is 12.1 Å². The number of amides is 1. The van der Waals surface area contributed by atoms with Crippen LogP contribution in [0.25, 0.3) is 0 Å². The predicted molar refractivity (Wildman–Crippen MR) is 61.5 cm³/mol. The molecule has 1 rings (SSSR count). The van der Waals surface area contributed by atoms with Gasteiger partial charge in [-0.3, -0.25) is 4.79 Å². The highest BCUT2D eigenvalue weighted by Crippen LogP contribution is 2.33. The molecule has 0 bridgehead atoms. The molecule has 0 saturated carbocycles. The number of aliphatic hydroxyl groups excluding tert-OH is 1. The van der Waals surface area contributed by atoms with Crippen LogP contribution < -0.4 is 4.90 Å². The predicted octanol–water partition coefficient (Wildman–Crippen LogP) is 2.47. The number of benzene rings is 1. The van der Waals surface area contributed by atoms with Crippen molar-refractivity contribution in [1.29, 1.82) is 0 Å². The minimum atomic E-state index is -0.253. The van der Waals surface area contributed by atoms with Crippen LogP contribution in [-0.2, 0) is 11.4 Å². The summed E-state index contributed by atoms with van der Waals surface area (Å²) in [6, 6.07) is 3.25. The molecule has 0 aromatic heterocycles. The largest absolute Gasteiger partial charge is 0.392 e. The fourth-order valence-electron chi connectivity index (χ4n) is 1.16. The second-order valence-corrected chi connectivity index (χ2v) is 3.88. The van der Waals surface area contributed by atoms with Crippen LogP contribution in [0.2, 0.25) is 10.0 Å². The summed E-state index contributed by atoms with van der Waals surface area (Å²) in [5.41, 5.74) is 0.974. The highest BCUT2D eigenvalue weighted by atomic mass is 35.5. The van der Waals surface area contributed by atoms with E-state index in [1.807, 2.05) is 0 Å². The lowest BCUT2D eigenvalue weighted by Crippen LogP contribution is -2.23. The molecule has 1 N–H and O–H groups in total. The number of carbonyl (C=O) groups is 1. The third kappa shape index (κ3) is 2.43. The maximum absolute atomic E-state index is 11.2. The molecule has 0 aliphatic carbocycles. The van der Waals surface area contributed by atoms with Crippen LogP contribution in [0.5, 0.6) is 0 Å².